The van der Waals surface area contributed by atoms with Crippen molar-refractivity contribution >= 4 is 29.0 Å². The molecule has 47 heavy (non-hydrogen) atoms. The highest BCUT2D eigenvalue weighted by Gasteiger charge is 2.41. The molecule has 3 heterocycles. The SMILES string of the molecule is CCNc1ncccc1-c1nc2ccc(-c3cccc(CCC(=O)O)c3)nc2n1-c1ccc(C2(NC(=O)OC(C)(C)C)CCC2)cc1. The van der Waals surface area contributed by atoms with Gasteiger partial charge in [-0.3, -0.25) is 9.36 Å². The number of ether oxygens (including phenoxy) is 1. The first-order valence-electron chi connectivity index (χ1n) is 16.1. The Balaban J connectivity index is 1.44. The fraction of sp³-hybridized carbons (Fsp3) is 0.324. The highest BCUT2D eigenvalue weighted by molar-refractivity contribution is 5.85. The van der Waals surface area contributed by atoms with Gasteiger partial charge in [0.1, 0.15) is 16.9 Å². The number of fused-ring (bicyclic) bond motifs is 1. The molecule has 0 atom stereocenters. The van der Waals surface area contributed by atoms with Gasteiger partial charge in [-0.25, -0.2) is 19.7 Å². The van der Waals surface area contributed by atoms with Gasteiger partial charge in [0.25, 0.3) is 0 Å². The van der Waals surface area contributed by atoms with E-state index in [1.54, 1.807) is 6.20 Å². The van der Waals surface area contributed by atoms with Crippen molar-refractivity contribution in [3.63, 3.8) is 0 Å². The number of alkyl carbamates (subject to hydrolysis) is 1. The first kappa shape index (κ1) is 31.7. The van der Waals surface area contributed by atoms with Crippen LogP contribution in [0.25, 0.3) is 39.5 Å². The van der Waals surface area contributed by atoms with E-state index in [4.69, 9.17) is 14.7 Å². The Morgan fingerprint density at radius 3 is 2.47 bits per heavy atom. The van der Waals surface area contributed by atoms with Gasteiger partial charge in [-0.1, -0.05) is 30.3 Å². The molecule has 3 aromatic heterocycles. The van der Waals surface area contributed by atoms with Crippen molar-refractivity contribution in [2.24, 2.45) is 0 Å². The van der Waals surface area contributed by atoms with Gasteiger partial charge in [0.05, 0.1) is 16.8 Å². The number of aryl methyl sites for hydroxylation is 1. The first-order valence-corrected chi connectivity index (χ1v) is 16.1. The summed E-state index contributed by atoms with van der Waals surface area (Å²) in [5.41, 5.74) is 5.67. The summed E-state index contributed by atoms with van der Waals surface area (Å²) >= 11 is 0. The molecule has 0 radical (unpaired) electrons. The lowest BCUT2D eigenvalue weighted by Crippen LogP contribution is -2.52. The van der Waals surface area contributed by atoms with Gasteiger partial charge in [-0.2, -0.15) is 0 Å². The lowest BCUT2D eigenvalue weighted by Gasteiger charge is -2.43. The molecule has 242 valence electrons. The summed E-state index contributed by atoms with van der Waals surface area (Å²) in [7, 11) is 0. The average molecular weight is 633 g/mol. The normalized spacial score (nSPS) is 14.0. The summed E-state index contributed by atoms with van der Waals surface area (Å²) in [6, 6.07) is 23.9. The molecule has 1 amide bonds. The second-order valence-corrected chi connectivity index (χ2v) is 12.9. The van der Waals surface area contributed by atoms with E-state index in [9.17, 15) is 14.7 Å². The van der Waals surface area contributed by atoms with Crippen molar-refractivity contribution < 1.29 is 19.4 Å². The van der Waals surface area contributed by atoms with Crippen LogP contribution in [-0.2, 0) is 21.5 Å². The summed E-state index contributed by atoms with van der Waals surface area (Å²) in [5, 5.41) is 15.7. The van der Waals surface area contributed by atoms with Gasteiger partial charge in [0.2, 0.25) is 0 Å². The van der Waals surface area contributed by atoms with E-state index in [2.05, 4.69) is 27.8 Å². The van der Waals surface area contributed by atoms with Crippen LogP contribution in [0.3, 0.4) is 0 Å². The van der Waals surface area contributed by atoms with Crippen LogP contribution in [0.1, 0.15) is 64.5 Å². The maximum Gasteiger partial charge on any atom is 0.408 e. The standard InChI is InChI=1S/C37H40N6O4/c1-5-38-32-28(11-7-22-39-32)33-41-30-18-17-29(25-10-6-9-24(23-25)12-19-31(44)45)40-34(30)43(33)27-15-13-26(14-16-27)37(20-8-21-37)42-35(46)47-36(2,3)4/h6-7,9-11,13-18,22-23H,5,8,12,19-21H2,1-4H3,(H,38,39)(H,42,46)(H,44,45). The molecule has 2 aromatic carbocycles. The molecule has 0 bridgehead atoms. The molecule has 3 N–H and O–H groups in total. The molecule has 6 rings (SSSR count). The summed E-state index contributed by atoms with van der Waals surface area (Å²) in [5.74, 6) is 0.597. The number of carboxylic acid groups (broad SMARTS) is 1. The summed E-state index contributed by atoms with van der Waals surface area (Å²) < 4.78 is 7.63. The van der Waals surface area contributed by atoms with Gasteiger partial charge in [-0.05, 0) is 107 Å². The number of anilines is 1. The van der Waals surface area contributed by atoms with Gasteiger partial charge >= 0.3 is 12.1 Å². The number of nitrogens with one attached hydrogen (secondary N) is 2. The highest BCUT2D eigenvalue weighted by atomic mass is 16.6. The number of aromatic nitrogens is 4. The first-order chi connectivity index (χ1) is 22.5. The molecule has 1 aliphatic rings. The Bertz CT molecular complexity index is 1920. The molecule has 0 saturated heterocycles. The number of carboxylic acids is 1. The Morgan fingerprint density at radius 2 is 1.79 bits per heavy atom. The largest absolute Gasteiger partial charge is 0.481 e. The maximum atomic E-state index is 12.8. The number of rotatable bonds is 10. The Kier molecular flexibility index (Phi) is 8.68. The zero-order valence-corrected chi connectivity index (χ0v) is 27.2. The molecule has 0 unspecified atom stereocenters. The van der Waals surface area contributed by atoms with Gasteiger partial charge in [0, 0.05) is 30.4 Å². The number of hydrogen-bond acceptors (Lipinski definition) is 7. The van der Waals surface area contributed by atoms with Gasteiger partial charge in [0.15, 0.2) is 11.5 Å². The highest BCUT2D eigenvalue weighted by Crippen LogP contribution is 2.42. The second kappa shape index (κ2) is 12.9. The van der Waals surface area contributed by atoms with Crippen molar-refractivity contribution in [3.8, 4) is 28.3 Å². The van der Waals surface area contributed by atoms with Crippen molar-refractivity contribution in [2.75, 3.05) is 11.9 Å². The number of benzene rings is 2. The van der Waals surface area contributed by atoms with Crippen LogP contribution >= 0.6 is 0 Å². The van der Waals surface area contributed by atoms with E-state index < -0.39 is 23.2 Å². The minimum Gasteiger partial charge on any atom is -0.481 e. The fourth-order valence-corrected chi connectivity index (χ4v) is 6.02. The molecule has 10 nitrogen and oxygen atoms in total. The summed E-state index contributed by atoms with van der Waals surface area (Å²) in [6.45, 7) is 8.32. The average Bonchev–Trinajstić information content (AvgIpc) is 3.40. The van der Waals surface area contributed by atoms with E-state index in [0.29, 0.717) is 24.4 Å². The third-order valence-electron chi connectivity index (χ3n) is 8.37. The predicted octanol–water partition coefficient (Wildman–Crippen LogP) is 7.50. The molecule has 1 saturated carbocycles. The van der Waals surface area contributed by atoms with Gasteiger partial charge in [-0.15, -0.1) is 0 Å². The van der Waals surface area contributed by atoms with Gasteiger partial charge < -0.3 is 20.5 Å². The van der Waals surface area contributed by atoms with E-state index in [-0.39, 0.29) is 6.42 Å². The third-order valence-corrected chi connectivity index (χ3v) is 8.37. The number of imidazole rings is 1. The zero-order valence-electron chi connectivity index (χ0n) is 27.2. The minimum atomic E-state index is -0.825. The van der Waals surface area contributed by atoms with Crippen molar-refractivity contribution in [2.45, 2.75) is 70.9 Å². The molecule has 0 spiro atoms. The topological polar surface area (TPSA) is 131 Å². The molecule has 5 aromatic rings. The lowest BCUT2D eigenvalue weighted by atomic mass is 9.72. The van der Waals surface area contributed by atoms with E-state index in [1.807, 2.05) is 92.9 Å². The van der Waals surface area contributed by atoms with Crippen LogP contribution in [0.4, 0.5) is 10.6 Å². The number of hydrogen-bond donors (Lipinski definition) is 3. The van der Waals surface area contributed by atoms with Crippen LogP contribution in [0, 0.1) is 0 Å². The molecular weight excluding hydrogens is 592 g/mol. The smallest absolute Gasteiger partial charge is 0.408 e. The van der Waals surface area contributed by atoms with Crippen LogP contribution in [0.15, 0.2) is 79.0 Å². The lowest BCUT2D eigenvalue weighted by molar-refractivity contribution is -0.136. The Hall–Kier alpha value is -5.25. The van der Waals surface area contributed by atoms with E-state index >= 15 is 0 Å². The molecule has 0 aliphatic heterocycles. The number of carbonyl (C=O) groups is 2. The number of amides is 1. The van der Waals surface area contributed by atoms with Crippen LogP contribution in [-0.4, -0.2) is 48.8 Å². The second-order valence-electron chi connectivity index (χ2n) is 12.9. The predicted molar refractivity (Wildman–Crippen MR) is 183 cm³/mol. The quantitative estimate of drug-likeness (QED) is 0.144. The molecule has 1 aliphatic carbocycles. The third kappa shape index (κ3) is 6.82. The zero-order chi connectivity index (χ0) is 33.2. The van der Waals surface area contributed by atoms with E-state index in [0.717, 1.165) is 64.2 Å². The minimum absolute atomic E-state index is 0.0653. The summed E-state index contributed by atoms with van der Waals surface area (Å²) in [4.78, 5) is 38.7. The molecule has 10 heteroatoms. The summed E-state index contributed by atoms with van der Waals surface area (Å²) in [6.07, 6.45) is 4.54. The Labute approximate surface area is 274 Å². The fourth-order valence-electron chi connectivity index (χ4n) is 6.02. The number of aliphatic carboxylic acids is 1. The monoisotopic (exact) mass is 632 g/mol. The maximum absolute atomic E-state index is 12.8. The van der Waals surface area contributed by atoms with Crippen molar-refractivity contribution in [1.29, 1.82) is 0 Å². The molecule has 1 fully saturated rings. The van der Waals surface area contributed by atoms with Crippen LogP contribution in [0.2, 0.25) is 0 Å². The van der Waals surface area contributed by atoms with Crippen molar-refractivity contribution in [3.05, 3.63) is 90.1 Å². The van der Waals surface area contributed by atoms with E-state index in [1.165, 1.54) is 0 Å². The number of nitrogens with zero attached hydrogens (tertiary/aromatic N) is 4. The van der Waals surface area contributed by atoms with Crippen molar-refractivity contribution in [1.82, 2.24) is 24.8 Å². The Morgan fingerprint density at radius 1 is 1.00 bits per heavy atom. The number of carbonyl (C=O) groups excluding carboxylic acids is 1. The molecular formula is C37H40N6O4. The number of pyridine rings is 2. The van der Waals surface area contributed by atoms with Crippen LogP contribution < -0.4 is 10.6 Å². The van der Waals surface area contributed by atoms with Crippen LogP contribution in [0.5, 0.6) is 0 Å².